The van der Waals surface area contributed by atoms with Gasteiger partial charge in [-0.2, -0.15) is 0 Å². The van der Waals surface area contributed by atoms with E-state index in [9.17, 15) is 4.79 Å². The van der Waals surface area contributed by atoms with Gasteiger partial charge in [-0.05, 0) is 26.8 Å². The fourth-order valence-corrected chi connectivity index (χ4v) is 1.27. The molecule has 88 valence electrons. The molecule has 1 heterocycles. The summed E-state index contributed by atoms with van der Waals surface area (Å²) >= 11 is 5.92. The molecule has 0 aliphatic rings. The van der Waals surface area contributed by atoms with Crippen molar-refractivity contribution in [2.24, 2.45) is 0 Å². The van der Waals surface area contributed by atoms with Crippen LogP contribution in [0.2, 0.25) is 5.02 Å². The zero-order valence-electron chi connectivity index (χ0n) is 9.49. The molecule has 0 aliphatic carbocycles. The fraction of sp³-hybridized carbons (Fsp3) is 0.455. The van der Waals surface area contributed by atoms with E-state index in [1.54, 1.807) is 6.92 Å². The van der Waals surface area contributed by atoms with Gasteiger partial charge in [-0.1, -0.05) is 11.6 Å². The predicted octanol–water partition coefficient (Wildman–Crippen LogP) is 2.70. The molecule has 0 N–H and O–H groups in total. The maximum absolute atomic E-state index is 11.4. The number of pyridine rings is 1. The van der Waals surface area contributed by atoms with Gasteiger partial charge in [-0.3, -0.25) is 0 Å². The van der Waals surface area contributed by atoms with Crippen molar-refractivity contribution in [2.45, 2.75) is 26.9 Å². The fourth-order valence-electron chi connectivity index (χ4n) is 1.06. The van der Waals surface area contributed by atoms with E-state index in [1.807, 2.05) is 13.8 Å². The van der Waals surface area contributed by atoms with Gasteiger partial charge in [0.15, 0.2) is 0 Å². The maximum Gasteiger partial charge on any atom is 0.339 e. The van der Waals surface area contributed by atoms with Crippen LogP contribution in [0.25, 0.3) is 0 Å². The highest BCUT2D eigenvalue weighted by molar-refractivity contribution is 6.32. The zero-order chi connectivity index (χ0) is 12.1. The van der Waals surface area contributed by atoms with Crippen molar-refractivity contribution in [1.29, 1.82) is 0 Å². The summed E-state index contributed by atoms with van der Waals surface area (Å²) in [6.07, 6.45) is 1.38. The first-order valence-corrected chi connectivity index (χ1v) is 5.41. The van der Waals surface area contributed by atoms with E-state index < -0.39 is 5.97 Å². The Balaban J connectivity index is 2.86. The lowest BCUT2D eigenvalue weighted by molar-refractivity contribution is 0.0526. The summed E-state index contributed by atoms with van der Waals surface area (Å²) in [5.41, 5.74) is 0.322. The number of hydrogen-bond donors (Lipinski definition) is 0. The lowest BCUT2D eigenvalue weighted by Gasteiger charge is -2.10. The highest BCUT2D eigenvalue weighted by Gasteiger charge is 2.12. The summed E-state index contributed by atoms with van der Waals surface area (Å²) in [5.74, 6) is -0.113. The van der Waals surface area contributed by atoms with E-state index in [0.29, 0.717) is 23.1 Å². The van der Waals surface area contributed by atoms with Gasteiger partial charge in [0, 0.05) is 6.20 Å². The Bertz CT molecular complexity index is 379. The molecular formula is C11H14ClNO3. The Morgan fingerprint density at radius 2 is 2.25 bits per heavy atom. The quantitative estimate of drug-likeness (QED) is 0.763. The SMILES string of the molecule is CCOC(=O)c1cnc(OC(C)C)c(Cl)c1. The summed E-state index contributed by atoms with van der Waals surface area (Å²) in [4.78, 5) is 15.3. The smallest absolute Gasteiger partial charge is 0.339 e. The van der Waals surface area contributed by atoms with Gasteiger partial charge in [0.25, 0.3) is 0 Å². The molecule has 0 saturated heterocycles. The number of halogens is 1. The number of carbonyl (C=O) groups is 1. The van der Waals surface area contributed by atoms with Crippen LogP contribution in [-0.4, -0.2) is 23.7 Å². The second kappa shape index (κ2) is 5.70. The minimum atomic E-state index is -0.437. The first-order valence-electron chi connectivity index (χ1n) is 5.04. The molecule has 0 bridgehead atoms. The number of nitrogens with zero attached hydrogens (tertiary/aromatic N) is 1. The van der Waals surface area contributed by atoms with Crippen molar-refractivity contribution in [2.75, 3.05) is 6.61 Å². The Labute approximate surface area is 99.5 Å². The van der Waals surface area contributed by atoms with Crippen molar-refractivity contribution in [1.82, 2.24) is 4.98 Å². The first kappa shape index (κ1) is 12.8. The van der Waals surface area contributed by atoms with Gasteiger partial charge in [-0.15, -0.1) is 0 Å². The second-order valence-corrected chi connectivity index (χ2v) is 3.81. The normalized spacial score (nSPS) is 10.3. The van der Waals surface area contributed by atoms with Crippen LogP contribution in [0.5, 0.6) is 5.88 Å². The van der Waals surface area contributed by atoms with E-state index >= 15 is 0 Å². The zero-order valence-corrected chi connectivity index (χ0v) is 10.2. The summed E-state index contributed by atoms with van der Waals surface area (Å²) < 4.78 is 10.2. The van der Waals surface area contributed by atoms with Gasteiger partial charge >= 0.3 is 5.97 Å². The van der Waals surface area contributed by atoms with Gasteiger partial charge < -0.3 is 9.47 Å². The molecule has 0 fully saturated rings. The van der Waals surface area contributed by atoms with Crippen molar-refractivity contribution in [3.8, 4) is 5.88 Å². The Morgan fingerprint density at radius 3 is 2.75 bits per heavy atom. The van der Waals surface area contributed by atoms with E-state index in [1.165, 1.54) is 12.3 Å². The molecule has 4 nitrogen and oxygen atoms in total. The number of rotatable bonds is 4. The molecule has 0 radical (unpaired) electrons. The van der Waals surface area contributed by atoms with Crippen LogP contribution in [0.15, 0.2) is 12.3 Å². The molecular weight excluding hydrogens is 230 g/mol. The van der Waals surface area contributed by atoms with Crippen LogP contribution >= 0.6 is 11.6 Å². The average Bonchev–Trinajstić information content (AvgIpc) is 2.20. The summed E-state index contributed by atoms with van der Waals surface area (Å²) in [6.45, 7) is 5.80. The average molecular weight is 244 g/mol. The molecule has 0 aromatic carbocycles. The molecule has 0 saturated carbocycles. The van der Waals surface area contributed by atoms with Gasteiger partial charge in [0.1, 0.15) is 5.02 Å². The molecule has 1 aromatic heterocycles. The summed E-state index contributed by atoms with van der Waals surface area (Å²) in [5, 5.41) is 0.305. The van der Waals surface area contributed by atoms with Gasteiger partial charge in [0.2, 0.25) is 5.88 Å². The van der Waals surface area contributed by atoms with Gasteiger partial charge in [-0.25, -0.2) is 9.78 Å². The lowest BCUT2D eigenvalue weighted by atomic mass is 10.3. The Kier molecular flexibility index (Phi) is 4.55. The number of esters is 1. The molecule has 5 heteroatoms. The molecule has 1 rings (SSSR count). The number of hydrogen-bond acceptors (Lipinski definition) is 4. The monoisotopic (exact) mass is 243 g/mol. The van der Waals surface area contributed by atoms with E-state index in [-0.39, 0.29) is 6.10 Å². The highest BCUT2D eigenvalue weighted by atomic mass is 35.5. The van der Waals surface area contributed by atoms with Crippen LogP contribution in [0, 0.1) is 0 Å². The molecule has 1 aromatic rings. The topological polar surface area (TPSA) is 48.4 Å². The maximum atomic E-state index is 11.4. The summed E-state index contributed by atoms with van der Waals surface area (Å²) in [7, 11) is 0. The first-order chi connectivity index (χ1) is 7.54. The third-order valence-corrected chi connectivity index (χ3v) is 1.94. The van der Waals surface area contributed by atoms with E-state index in [4.69, 9.17) is 21.1 Å². The lowest BCUT2D eigenvalue weighted by Crippen LogP contribution is -2.09. The van der Waals surface area contributed by atoms with Gasteiger partial charge in [0.05, 0.1) is 18.3 Å². The standard InChI is InChI=1S/C11H14ClNO3/c1-4-15-11(14)8-5-9(12)10(13-6-8)16-7(2)3/h5-7H,4H2,1-3H3. The molecule has 0 amide bonds. The molecule has 16 heavy (non-hydrogen) atoms. The molecule has 0 atom stereocenters. The van der Waals surface area contributed by atoms with E-state index in [0.717, 1.165) is 0 Å². The summed E-state index contributed by atoms with van der Waals surface area (Å²) in [6, 6.07) is 1.49. The molecule has 0 spiro atoms. The van der Waals surface area contributed by atoms with Crippen LogP contribution in [0.4, 0.5) is 0 Å². The third kappa shape index (κ3) is 3.38. The second-order valence-electron chi connectivity index (χ2n) is 3.40. The predicted molar refractivity (Wildman–Crippen MR) is 61.0 cm³/mol. The highest BCUT2D eigenvalue weighted by Crippen LogP contribution is 2.23. The van der Waals surface area contributed by atoms with Crippen LogP contribution in [0.1, 0.15) is 31.1 Å². The van der Waals surface area contributed by atoms with Crippen molar-refractivity contribution >= 4 is 17.6 Å². The van der Waals surface area contributed by atoms with Crippen LogP contribution < -0.4 is 4.74 Å². The minimum Gasteiger partial charge on any atom is -0.474 e. The van der Waals surface area contributed by atoms with Crippen molar-refractivity contribution < 1.29 is 14.3 Å². The van der Waals surface area contributed by atoms with Crippen molar-refractivity contribution in [3.63, 3.8) is 0 Å². The Morgan fingerprint density at radius 1 is 1.56 bits per heavy atom. The number of ether oxygens (including phenoxy) is 2. The number of carbonyl (C=O) groups excluding carboxylic acids is 1. The van der Waals surface area contributed by atoms with Crippen LogP contribution in [-0.2, 0) is 4.74 Å². The third-order valence-electron chi connectivity index (χ3n) is 1.67. The van der Waals surface area contributed by atoms with E-state index in [2.05, 4.69) is 4.98 Å². The largest absolute Gasteiger partial charge is 0.474 e. The molecule has 0 unspecified atom stereocenters. The van der Waals surface area contributed by atoms with Crippen LogP contribution in [0.3, 0.4) is 0 Å². The molecule has 0 aliphatic heterocycles. The number of aromatic nitrogens is 1. The van der Waals surface area contributed by atoms with Crippen molar-refractivity contribution in [3.05, 3.63) is 22.8 Å². The Hall–Kier alpha value is -1.29. The minimum absolute atomic E-state index is 0.0153.